The number of thiophene rings is 8. The van der Waals surface area contributed by atoms with Crippen LogP contribution in [-0.2, 0) is 0 Å². The van der Waals surface area contributed by atoms with Crippen molar-refractivity contribution in [1.82, 2.24) is 0 Å². The maximum Gasteiger partial charge on any atom is 0.0792 e. The van der Waals surface area contributed by atoms with Crippen molar-refractivity contribution >= 4 is 145 Å². The van der Waals surface area contributed by atoms with Gasteiger partial charge in [-0.25, -0.2) is 0 Å². The van der Waals surface area contributed by atoms with E-state index in [0.29, 0.717) is 0 Å². The van der Waals surface area contributed by atoms with Gasteiger partial charge in [0, 0.05) is 78.0 Å². The van der Waals surface area contributed by atoms with Gasteiger partial charge in [0.25, 0.3) is 0 Å². The first-order valence-corrected chi connectivity index (χ1v) is 43.3. The summed E-state index contributed by atoms with van der Waals surface area (Å²) in [6.45, 7) is 35.0. The molecule has 2 aliphatic rings. The molecule has 0 saturated carbocycles. The summed E-state index contributed by atoms with van der Waals surface area (Å²) in [5, 5.41) is 6.72. The Bertz CT molecular complexity index is 3100. The molecule has 338 valence electrons. The lowest BCUT2D eigenvalue weighted by Crippen LogP contribution is -2.38. The Morgan fingerprint density at radius 1 is 0.212 bits per heavy atom. The molecule has 8 heterocycles. The molecule has 0 fully saturated rings. The Kier molecular flexibility index (Phi) is 12.2. The minimum atomic E-state index is -1.68. The molecule has 0 saturated heterocycles. The number of hydrogen-bond acceptors (Lipinski definition) is 8. The van der Waals surface area contributed by atoms with Gasteiger partial charge in [0.1, 0.15) is 0 Å². The van der Waals surface area contributed by atoms with Crippen molar-refractivity contribution in [1.29, 1.82) is 0 Å². The zero-order valence-corrected chi connectivity index (χ0v) is 51.0. The predicted molar refractivity (Wildman–Crippen MR) is 320 cm³/mol. The Morgan fingerprint density at radius 2 is 0.364 bits per heavy atom. The van der Waals surface area contributed by atoms with Gasteiger partial charge in [-0.2, -0.15) is 0 Å². The van der Waals surface area contributed by atoms with Crippen LogP contribution in [0.4, 0.5) is 0 Å². The van der Waals surface area contributed by atoms with E-state index in [1.165, 1.54) is 78.0 Å². The van der Waals surface area contributed by atoms with Crippen molar-refractivity contribution in [3.8, 4) is 48.8 Å². The van der Waals surface area contributed by atoms with Crippen molar-refractivity contribution < 1.29 is 0 Å². The van der Waals surface area contributed by atoms with E-state index in [4.69, 9.17) is 0 Å². The predicted octanol–water partition coefficient (Wildman–Crippen LogP) is 21.1. The molecule has 0 N–H and O–H groups in total. The van der Waals surface area contributed by atoms with Crippen LogP contribution in [0.5, 0.6) is 0 Å². The number of hydrogen-bond donors (Lipinski definition) is 0. The maximum atomic E-state index is 2.55. The van der Waals surface area contributed by atoms with Crippen LogP contribution in [0.15, 0.2) is 118 Å². The molecule has 66 heavy (non-hydrogen) atoms. The summed E-state index contributed by atoms with van der Waals surface area (Å²) in [6.07, 6.45) is 0. The fourth-order valence-electron chi connectivity index (χ4n) is 9.62. The summed E-state index contributed by atoms with van der Waals surface area (Å²) in [7, 11) is -6.71. The average molecular weight is 1080 g/mol. The third-order valence-electron chi connectivity index (χ3n) is 12.3. The van der Waals surface area contributed by atoms with Crippen LogP contribution in [0.3, 0.4) is 0 Å². The van der Waals surface area contributed by atoms with Gasteiger partial charge in [-0.05, 0) is 154 Å². The third-order valence-corrected chi connectivity index (χ3v) is 29.9. The SMILES string of the molecule is Cc1ccc(-c2ccc(C3=C([Si](C)(C)C)C(c4ccc(-c5ccc(-c6ccc(-c7ccc(C8=C([Si](C)(C)C)C(c9ccc(-c%10ccc(C)s%10)s9)=C8[Si](C)(C)C)s7)s6)s5)s4)=C3[Si](C)(C)C)s2)s1. The Balaban J connectivity index is 0.923. The normalized spacial score (nSPS) is 15.2. The zero-order valence-electron chi connectivity index (χ0n) is 40.5. The smallest absolute Gasteiger partial charge is 0.0792 e. The highest BCUT2D eigenvalue weighted by Crippen LogP contribution is 2.59. The first kappa shape index (κ1) is 47.1. The van der Waals surface area contributed by atoms with E-state index in [1.807, 2.05) is 90.7 Å². The van der Waals surface area contributed by atoms with E-state index in [0.717, 1.165) is 0 Å². The topological polar surface area (TPSA) is 0 Å². The molecule has 2 aliphatic carbocycles. The highest BCUT2D eigenvalue weighted by Gasteiger charge is 2.45. The van der Waals surface area contributed by atoms with Crippen molar-refractivity contribution in [3.05, 3.63) is 147 Å². The standard InChI is InChI=1S/C54H58S8Si4/c1-31-15-17-33(55-31)35-23-27-43(59-35)47-51(63(3,4)5)49(52(47)64(6,7)8)45-29-25-41(61-45)39-21-19-37(57-39)38-20-22-40(58-38)42-26-30-46(62-42)50-53(65(9,10)11)48(54(50)66(12,13)14)44-28-24-36(60-44)34-18-16-32(2)56-34/h15-30H,1-14H3. The van der Waals surface area contributed by atoms with Gasteiger partial charge < -0.3 is 0 Å². The fraction of sp³-hybridized carbons (Fsp3) is 0.259. The minimum Gasteiger partial charge on any atom is -0.140 e. The lowest BCUT2D eigenvalue weighted by Gasteiger charge is -2.42. The highest BCUT2D eigenvalue weighted by atomic mass is 32.1. The van der Waals surface area contributed by atoms with E-state index in [9.17, 15) is 0 Å². The molecule has 10 rings (SSSR count). The molecular formula is C54H58S8Si4. The van der Waals surface area contributed by atoms with Crippen LogP contribution in [0.1, 0.15) is 29.3 Å². The quantitative estimate of drug-likeness (QED) is 0.101. The number of allylic oxidation sites excluding steroid dienone is 8. The van der Waals surface area contributed by atoms with Gasteiger partial charge in [-0.1, -0.05) is 78.6 Å². The van der Waals surface area contributed by atoms with E-state index in [-0.39, 0.29) is 0 Å². The lowest BCUT2D eigenvalue weighted by molar-refractivity contribution is 1.52. The molecule has 0 unspecified atom stereocenters. The third kappa shape index (κ3) is 8.61. The highest BCUT2D eigenvalue weighted by molar-refractivity contribution is 7.29. The molecule has 0 spiro atoms. The summed E-state index contributed by atoms with van der Waals surface area (Å²) in [6, 6.07) is 37.8. The molecule has 0 aromatic carbocycles. The first-order chi connectivity index (χ1) is 31.0. The fourth-order valence-corrected chi connectivity index (χ4v) is 27.4. The van der Waals surface area contributed by atoms with Crippen molar-refractivity contribution in [2.24, 2.45) is 0 Å². The van der Waals surface area contributed by atoms with E-state index in [1.54, 1.807) is 43.1 Å². The van der Waals surface area contributed by atoms with Gasteiger partial charge in [0.15, 0.2) is 0 Å². The Morgan fingerprint density at radius 3 is 0.530 bits per heavy atom. The van der Waals surface area contributed by atoms with Crippen LogP contribution >= 0.6 is 90.7 Å². The van der Waals surface area contributed by atoms with Gasteiger partial charge >= 0.3 is 0 Å². The summed E-state index contributed by atoms with van der Waals surface area (Å²) >= 11 is 15.7. The molecule has 8 aromatic heterocycles. The van der Waals surface area contributed by atoms with Gasteiger partial charge in [0.2, 0.25) is 0 Å². The Hall–Kier alpha value is -2.57. The molecule has 0 nitrogen and oxygen atoms in total. The summed E-state index contributed by atoms with van der Waals surface area (Å²) in [5.41, 5.74) is 6.39. The van der Waals surface area contributed by atoms with Crippen LogP contribution in [0, 0.1) is 13.8 Å². The lowest BCUT2D eigenvalue weighted by atomic mass is 9.95. The van der Waals surface area contributed by atoms with Gasteiger partial charge in [-0.3, -0.25) is 0 Å². The minimum absolute atomic E-state index is 1.36. The van der Waals surface area contributed by atoms with Gasteiger partial charge in [-0.15, -0.1) is 90.7 Å². The second-order valence-corrected chi connectivity index (χ2v) is 50.9. The van der Waals surface area contributed by atoms with Crippen LogP contribution < -0.4 is 0 Å². The van der Waals surface area contributed by atoms with E-state index < -0.39 is 32.3 Å². The monoisotopic (exact) mass is 1070 g/mol. The molecule has 0 bridgehead atoms. The van der Waals surface area contributed by atoms with Gasteiger partial charge in [0.05, 0.1) is 32.3 Å². The Labute approximate surface area is 429 Å². The van der Waals surface area contributed by atoms with Crippen LogP contribution in [0.2, 0.25) is 78.6 Å². The van der Waals surface area contributed by atoms with Crippen molar-refractivity contribution in [2.45, 2.75) is 92.4 Å². The molecule has 0 aliphatic heterocycles. The molecule has 12 heteroatoms. The molecule has 0 radical (unpaired) electrons. The molecule has 0 atom stereocenters. The zero-order chi connectivity index (χ0) is 46.8. The molecular weight excluding hydrogens is 1020 g/mol. The molecule has 8 aromatic rings. The first-order valence-electron chi connectivity index (χ1n) is 22.8. The van der Waals surface area contributed by atoms with E-state index in [2.05, 4.69) is 189 Å². The average Bonchev–Trinajstić information content (AvgIpc) is 4.03. The summed E-state index contributed by atoms with van der Waals surface area (Å²) in [5.74, 6) is 0. The number of aryl methyl sites for hydroxylation is 2. The van der Waals surface area contributed by atoms with Crippen molar-refractivity contribution in [3.63, 3.8) is 0 Å². The second kappa shape index (κ2) is 17.1. The maximum absolute atomic E-state index is 2.55. The summed E-state index contributed by atoms with van der Waals surface area (Å²) in [4.78, 5) is 22.4. The summed E-state index contributed by atoms with van der Waals surface area (Å²) < 4.78 is 0. The largest absolute Gasteiger partial charge is 0.140 e. The number of rotatable bonds is 13. The molecule has 0 amide bonds. The van der Waals surface area contributed by atoms with E-state index >= 15 is 0 Å². The van der Waals surface area contributed by atoms with Crippen molar-refractivity contribution in [2.75, 3.05) is 0 Å². The van der Waals surface area contributed by atoms with Crippen LogP contribution in [-0.4, -0.2) is 32.3 Å². The second-order valence-electron chi connectivity index (χ2n) is 21.8. The van der Waals surface area contributed by atoms with Crippen LogP contribution in [0.25, 0.3) is 71.1 Å².